The lowest BCUT2D eigenvalue weighted by Gasteiger charge is -2.30. The molecule has 2 aromatic carbocycles. The van der Waals surface area contributed by atoms with E-state index in [4.69, 9.17) is 0 Å². The Morgan fingerprint density at radius 1 is 1.03 bits per heavy atom. The first kappa shape index (κ1) is 21.6. The topological polar surface area (TPSA) is 76.9 Å². The highest BCUT2D eigenvalue weighted by atomic mass is 32.2. The second-order valence-corrected chi connectivity index (χ2v) is 9.54. The molecule has 2 atom stereocenters. The summed E-state index contributed by atoms with van der Waals surface area (Å²) in [6.07, 6.45) is 7.12. The van der Waals surface area contributed by atoms with E-state index in [1.807, 2.05) is 11.5 Å². The summed E-state index contributed by atoms with van der Waals surface area (Å²) < 4.78 is 58.0. The van der Waals surface area contributed by atoms with E-state index >= 15 is 0 Å². The second-order valence-electron chi connectivity index (χ2n) is 7.85. The van der Waals surface area contributed by atoms with Crippen molar-refractivity contribution in [1.29, 1.82) is 0 Å². The molecule has 4 rings (SSSR count). The van der Waals surface area contributed by atoms with Crippen LogP contribution in [0.2, 0.25) is 0 Å². The third kappa shape index (κ3) is 4.67. The summed E-state index contributed by atoms with van der Waals surface area (Å²) in [6.45, 7) is 1.87. The molecule has 0 bridgehead atoms. The van der Waals surface area contributed by atoms with E-state index in [1.165, 1.54) is 12.1 Å². The van der Waals surface area contributed by atoms with Gasteiger partial charge in [-0.1, -0.05) is 19.1 Å². The van der Waals surface area contributed by atoms with Crippen molar-refractivity contribution in [2.45, 2.75) is 56.0 Å². The summed E-state index contributed by atoms with van der Waals surface area (Å²) in [7, 11) is -3.73. The van der Waals surface area contributed by atoms with Gasteiger partial charge in [0.1, 0.15) is 12.7 Å². The van der Waals surface area contributed by atoms with Gasteiger partial charge in [0.15, 0.2) is 11.6 Å². The van der Waals surface area contributed by atoms with Crippen LogP contribution in [0.15, 0.2) is 53.9 Å². The fraction of sp³-hybridized carbons (Fsp3) is 0.364. The number of aromatic nitrogens is 3. The average molecular weight is 447 g/mol. The summed E-state index contributed by atoms with van der Waals surface area (Å²) in [5, 5.41) is 7.68. The molecule has 0 saturated heterocycles. The first-order chi connectivity index (χ1) is 14.9. The molecule has 0 unspecified atom stereocenters. The van der Waals surface area contributed by atoms with Crippen LogP contribution in [-0.4, -0.2) is 29.2 Å². The molecule has 31 heavy (non-hydrogen) atoms. The van der Waals surface area contributed by atoms with Crippen LogP contribution in [0.4, 0.5) is 8.78 Å². The molecule has 0 spiro atoms. The van der Waals surface area contributed by atoms with Gasteiger partial charge in [0, 0.05) is 12.1 Å². The highest BCUT2D eigenvalue weighted by Crippen LogP contribution is 2.31. The van der Waals surface area contributed by atoms with Crippen molar-refractivity contribution in [3.63, 3.8) is 0 Å². The van der Waals surface area contributed by atoms with Crippen molar-refractivity contribution in [1.82, 2.24) is 19.5 Å². The highest BCUT2D eigenvalue weighted by molar-refractivity contribution is 7.89. The smallest absolute Gasteiger partial charge is 0.241 e. The summed E-state index contributed by atoms with van der Waals surface area (Å²) >= 11 is 0. The average Bonchev–Trinajstić information content (AvgIpc) is 3.30. The molecular formula is C22H24F2N4O2S. The quantitative estimate of drug-likeness (QED) is 0.614. The van der Waals surface area contributed by atoms with Gasteiger partial charge >= 0.3 is 0 Å². The van der Waals surface area contributed by atoms with E-state index in [-0.39, 0.29) is 17.0 Å². The number of rotatable bonds is 6. The first-order valence-corrected chi connectivity index (χ1v) is 11.8. The van der Waals surface area contributed by atoms with Crippen LogP contribution in [0.1, 0.15) is 44.2 Å². The molecule has 3 aromatic rings. The van der Waals surface area contributed by atoms with Crippen LogP contribution in [0.3, 0.4) is 0 Å². The van der Waals surface area contributed by atoms with Crippen LogP contribution < -0.4 is 4.72 Å². The predicted octanol–water partition coefficient (Wildman–Crippen LogP) is 4.25. The Bertz CT molecular complexity index is 1170. The zero-order chi connectivity index (χ0) is 22.0. The molecule has 1 aromatic heterocycles. The van der Waals surface area contributed by atoms with Crippen molar-refractivity contribution in [2.75, 3.05) is 0 Å². The first-order valence-electron chi connectivity index (χ1n) is 10.3. The minimum absolute atomic E-state index is 0.165. The fourth-order valence-corrected chi connectivity index (χ4v) is 5.77. The van der Waals surface area contributed by atoms with E-state index in [0.29, 0.717) is 29.5 Å². The van der Waals surface area contributed by atoms with E-state index in [9.17, 15) is 17.2 Å². The second kappa shape index (κ2) is 8.84. The molecule has 1 aliphatic rings. The Labute approximate surface area is 180 Å². The highest BCUT2D eigenvalue weighted by Gasteiger charge is 2.28. The summed E-state index contributed by atoms with van der Waals surface area (Å²) in [5.41, 5.74) is 1.76. The van der Waals surface area contributed by atoms with Crippen molar-refractivity contribution < 1.29 is 17.2 Å². The molecule has 1 fully saturated rings. The Morgan fingerprint density at radius 3 is 2.45 bits per heavy atom. The van der Waals surface area contributed by atoms with E-state index in [0.717, 1.165) is 31.4 Å². The number of aryl methyl sites for hydroxylation is 1. The maximum absolute atomic E-state index is 13.6. The summed E-state index contributed by atoms with van der Waals surface area (Å²) in [5.74, 6) is -1.85. The number of nitrogens with zero attached hydrogens (tertiary/aromatic N) is 3. The zero-order valence-corrected chi connectivity index (χ0v) is 17.9. The number of hydrogen-bond donors (Lipinski definition) is 1. The molecule has 0 radical (unpaired) electrons. The van der Waals surface area contributed by atoms with Gasteiger partial charge in [-0.3, -0.25) is 0 Å². The van der Waals surface area contributed by atoms with Crippen molar-refractivity contribution >= 4 is 10.0 Å². The van der Waals surface area contributed by atoms with E-state index in [2.05, 4.69) is 14.9 Å². The van der Waals surface area contributed by atoms with Gasteiger partial charge in [-0.2, -0.15) is 0 Å². The molecular weight excluding hydrogens is 422 g/mol. The van der Waals surface area contributed by atoms with Gasteiger partial charge in [-0.15, -0.1) is 10.2 Å². The summed E-state index contributed by atoms with van der Waals surface area (Å²) in [4.78, 5) is 0.216. The van der Waals surface area contributed by atoms with Gasteiger partial charge in [0.05, 0.1) is 4.90 Å². The van der Waals surface area contributed by atoms with Crippen LogP contribution in [-0.2, 0) is 16.4 Å². The van der Waals surface area contributed by atoms with Crippen molar-refractivity contribution in [3.8, 4) is 11.1 Å². The SMILES string of the molecule is CCc1cc(-c2ccc(F)c(F)c2)ccc1S(=O)(=O)N[C@H]1CCC[C@@H](n2cnnc2)C1. The number of benzene rings is 2. The maximum Gasteiger partial charge on any atom is 0.241 e. The lowest BCUT2D eigenvalue weighted by molar-refractivity contribution is 0.305. The Hall–Kier alpha value is -2.65. The number of hydrogen-bond acceptors (Lipinski definition) is 4. The van der Waals surface area contributed by atoms with Crippen molar-refractivity contribution in [2.24, 2.45) is 0 Å². The fourth-order valence-electron chi connectivity index (χ4n) is 4.20. The number of sulfonamides is 1. The molecule has 1 N–H and O–H groups in total. The molecule has 1 aliphatic carbocycles. The van der Waals surface area contributed by atoms with Gasteiger partial charge in [0.2, 0.25) is 10.0 Å². The van der Waals surface area contributed by atoms with Crippen LogP contribution in [0.25, 0.3) is 11.1 Å². The number of halogens is 2. The Kier molecular flexibility index (Phi) is 6.15. The minimum Gasteiger partial charge on any atom is -0.317 e. The Balaban J connectivity index is 1.56. The molecule has 0 aliphatic heterocycles. The van der Waals surface area contributed by atoms with Crippen molar-refractivity contribution in [3.05, 3.63) is 66.3 Å². The van der Waals surface area contributed by atoms with Gasteiger partial charge in [0.25, 0.3) is 0 Å². The van der Waals surface area contributed by atoms with E-state index in [1.54, 1.807) is 24.8 Å². The molecule has 6 nitrogen and oxygen atoms in total. The third-order valence-corrected chi connectivity index (χ3v) is 7.43. The molecule has 164 valence electrons. The van der Waals surface area contributed by atoms with Gasteiger partial charge in [-0.05, 0) is 73.1 Å². The normalized spacial score (nSPS) is 19.5. The van der Waals surface area contributed by atoms with E-state index < -0.39 is 21.7 Å². The summed E-state index contributed by atoms with van der Waals surface area (Å²) in [6, 6.07) is 8.54. The maximum atomic E-state index is 13.6. The Morgan fingerprint density at radius 2 is 1.74 bits per heavy atom. The van der Waals surface area contributed by atoms with Crippen LogP contribution in [0.5, 0.6) is 0 Å². The predicted molar refractivity (Wildman–Crippen MR) is 113 cm³/mol. The van der Waals surface area contributed by atoms with Gasteiger partial charge < -0.3 is 4.57 Å². The molecule has 1 saturated carbocycles. The largest absolute Gasteiger partial charge is 0.317 e. The zero-order valence-electron chi connectivity index (χ0n) is 17.1. The minimum atomic E-state index is -3.73. The standard InChI is InChI=1S/C22H24F2N4O2S/c1-2-15-10-16(17-6-8-20(23)21(24)11-17)7-9-22(15)31(29,30)27-18-4-3-5-19(12-18)28-13-25-26-14-28/h6-11,13-14,18-19,27H,2-5,12H2,1H3/t18-,19+/m0/s1. The lowest BCUT2D eigenvalue weighted by atomic mass is 9.91. The molecule has 1 heterocycles. The molecule has 9 heteroatoms. The van der Waals surface area contributed by atoms with Crippen LogP contribution >= 0.6 is 0 Å². The van der Waals surface area contributed by atoms with Gasteiger partial charge in [-0.25, -0.2) is 21.9 Å². The third-order valence-electron chi connectivity index (χ3n) is 5.81. The number of nitrogens with one attached hydrogen (secondary N) is 1. The lowest BCUT2D eigenvalue weighted by Crippen LogP contribution is -2.39. The van der Waals surface area contributed by atoms with Crippen LogP contribution in [0, 0.1) is 11.6 Å². The molecule has 0 amide bonds. The monoisotopic (exact) mass is 446 g/mol.